The van der Waals surface area contributed by atoms with Gasteiger partial charge < -0.3 is 19.6 Å². The zero-order chi connectivity index (χ0) is 14.8. The minimum atomic E-state index is -0.446. The molecule has 0 radical (unpaired) electrons. The fourth-order valence-electron chi connectivity index (χ4n) is 3.08. The molecule has 0 bridgehead atoms. The molecule has 0 amide bonds. The van der Waals surface area contributed by atoms with Crippen molar-refractivity contribution in [2.75, 3.05) is 40.8 Å². The van der Waals surface area contributed by atoms with Gasteiger partial charge in [-0.25, -0.2) is 0 Å². The Morgan fingerprint density at radius 3 is 2.00 bits per heavy atom. The summed E-state index contributed by atoms with van der Waals surface area (Å²) in [5.41, 5.74) is -0.711. The van der Waals surface area contributed by atoms with E-state index in [4.69, 9.17) is 4.74 Å². The van der Waals surface area contributed by atoms with Crippen molar-refractivity contribution < 1.29 is 9.84 Å². The Kier molecular flexibility index (Phi) is 5.41. The molecule has 1 N–H and O–H groups in total. The summed E-state index contributed by atoms with van der Waals surface area (Å²) in [6.07, 6.45) is 0.746. The number of nitrogens with zero attached hydrogens (tertiary/aromatic N) is 2. The average molecular weight is 272 g/mol. The number of hydrogen-bond donors (Lipinski definition) is 1. The Bertz CT molecular complexity index is 290. The fraction of sp³-hybridized carbons (Fsp3) is 1.00. The van der Waals surface area contributed by atoms with Crippen molar-refractivity contribution in [2.45, 2.75) is 51.4 Å². The predicted octanol–water partition coefficient (Wildman–Crippen LogP) is 1.43. The summed E-state index contributed by atoms with van der Waals surface area (Å²) >= 11 is 0. The molecule has 0 saturated carbocycles. The molecule has 1 fully saturated rings. The van der Waals surface area contributed by atoms with E-state index in [2.05, 4.69) is 44.8 Å². The van der Waals surface area contributed by atoms with E-state index in [0.717, 1.165) is 26.1 Å². The average Bonchev–Trinajstić information content (AvgIpc) is 2.36. The van der Waals surface area contributed by atoms with Crippen LogP contribution in [0.1, 0.15) is 34.1 Å². The van der Waals surface area contributed by atoms with Gasteiger partial charge in [-0.2, -0.15) is 0 Å². The molecule has 1 saturated heterocycles. The van der Waals surface area contributed by atoms with Gasteiger partial charge in [-0.1, -0.05) is 0 Å². The van der Waals surface area contributed by atoms with Crippen LogP contribution < -0.4 is 0 Å². The highest BCUT2D eigenvalue weighted by Crippen LogP contribution is 2.42. The highest BCUT2D eigenvalue weighted by molar-refractivity contribution is 5.02. The summed E-state index contributed by atoms with van der Waals surface area (Å²) in [5.74, 6) is 0.159. The van der Waals surface area contributed by atoms with Crippen LogP contribution in [-0.4, -0.2) is 73.0 Å². The fourth-order valence-corrected chi connectivity index (χ4v) is 3.08. The zero-order valence-corrected chi connectivity index (χ0v) is 13.7. The molecule has 0 aromatic rings. The molecule has 114 valence electrons. The molecule has 1 heterocycles. The van der Waals surface area contributed by atoms with Gasteiger partial charge in [0.15, 0.2) is 0 Å². The first-order valence-corrected chi connectivity index (χ1v) is 7.28. The van der Waals surface area contributed by atoms with E-state index >= 15 is 0 Å². The van der Waals surface area contributed by atoms with E-state index in [1.165, 1.54) is 0 Å². The second-order valence-corrected chi connectivity index (χ2v) is 7.28. The highest BCUT2D eigenvalue weighted by atomic mass is 16.5. The molecule has 19 heavy (non-hydrogen) atoms. The van der Waals surface area contributed by atoms with E-state index in [0.29, 0.717) is 0 Å². The van der Waals surface area contributed by atoms with Gasteiger partial charge in [-0.15, -0.1) is 0 Å². The number of aliphatic hydroxyl groups is 1. The van der Waals surface area contributed by atoms with Crippen LogP contribution in [0.5, 0.6) is 0 Å². The number of aliphatic hydroxyl groups excluding tert-OH is 1. The van der Waals surface area contributed by atoms with Crippen LogP contribution in [0.4, 0.5) is 0 Å². The largest absolute Gasteiger partial charge is 0.390 e. The summed E-state index contributed by atoms with van der Waals surface area (Å²) in [7, 11) is 6.32. The van der Waals surface area contributed by atoms with Gasteiger partial charge in [0.1, 0.15) is 0 Å². The monoisotopic (exact) mass is 272 g/mol. The Morgan fingerprint density at radius 1 is 1.00 bits per heavy atom. The van der Waals surface area contributed by atoms with Crippen molar-refractivity contribution in [3.05, 3.63) is 0 Å². The van der Waals surface area contributed by atoms with E-state index < -0.39 is 11.7 Å². The lowest BCUT2D eigenvalue weighted by Gasteiger charge is -2.31. The van der Waals surface area contributed by atoms with Gasteiger partial charge in [-0.3, -0.25) is 0 Å². The van der Waals surface area contributed by atoms with Gasteiger partial charge in [0.05, 0.1) is 17.3 Å². The van der Waals surface area contributed by atoms with Crippen LogP contribution in [0.25, 0.3) is 0 Å². The first-order valence-electron chi connectivity index (χ1n) is 7.28. The third kappa shape index (κ3) is 4.42. The van der Waals surface area contributed by atoms with Crippen LogP contribution in [0.15, 0.2) is 0 Å². The van der Waals surface area contributed by atoms with Crippen molar-refractivity contribution in [1.29, 1.82) is 0 Å². The lowest BCUT2D eigenvalue weighted by molar-refractivity contribution is -0.0912. The SMILES string of the molecule is CN(C)CCCN(C)CC1C(O)C(C)(C)OC1(C)C. The molecular weight excluding hydrogens is 240 g/mol. The van der Waals surface area contributed by atoms with Gasteiger partial charge in [0.2, 0.25) is 0 Å². The lowest BCUT2D eigenvalue weighted by atomic mass is 9.84. The maximum absolute atomic E-state index is 10.5. The Hall–Kier alpha value is -0.160. The zero-order valence-electron chi connectivity index (χ0n) is 13.7. The van der Waals surface area contributed by atoms with Gasteiger partial charge in [0, 0.05) is 12.5 Å². The first-order chi connectivity index (χ1) is 8.56. The maximum atomic E-state index is 10.5. The number of rotatable bonds is 6. The van der Waals surface area contributed by atoms with Crippen molar-refractivity contribution >= 4 is 0 Å². The predicted molar refractivity (Wildman–Crippen MR) is 79.4 cm³/mol. The van der Waals surface area contributed by atoms with E-state index in [9.17, 15) is 5.11 Å². The molecule has 0 spiro atoms. The van der Waals surface area contributed by atoms with Gasteiger partial charge in [0.25, 0.3) is 0 Å². The van der Waals surface area contributed by atoms with Crippen molar-refractivity contribution in [3.63, 3.8) is 0 Å². The molecule has 1 rings (SSSR count). The minimum absolute atomic E-state index is 0.159. The van der Waals surface area contributed by atoms with E-state index in [1.54, 1.807) is 0 Å². The molecule has 0 aromatic carbocycles. The normalized spacial score (nSPS) is 29.4. The molecule has 2 unspecified atom stereocenters. The third-order valence-electron chi connectivity index (χ3n) is 4.17. The Balaban J connectivity index is 2.51. The highest BCUT2D eigenvalue weighted by Gasteiger charge is 2.53. The number of hydrogen-bond acceptors (Lipinski definition) is 4. The third-order valence-corrected chi connectivity index (χ3v) is 4.17. The second-order valence-electron chi connectivity index (χ2n) is 7.28. The van der Waals surface area contributed by atoms with Crippen LogP contribution in [0, 0.1) is 5.92 Å². The summed E-state index contributed by atoms with van der Waals surface area (Å²) in [6, 6.07) is 0. The molecule has 2 atom stereocenters. The maximum Gasteiger partial charge on any atom is 0.0896 e. The topological polar surface area (TPSA) is 35.9 Å². The molecule has 0 aromatic heterocycles. The first kappa shape index (κ1) is 16.9. The molecule has 0 aliphatic carbocycles. The summed E-state index contributed by atoms with van der Waals surface area (Å²) in [5, 5.41) is 10.5. The van der Waals surface area contributed by atoms with Crippen molar-refractivity contribution in [1.82, 2.24) is 9.80 Å². The van der Waals surface area contributed by atoms with Crippen LogP contribution in [-0.2, 0) is 4.74 Å². The van der Waals surface area contributed by atoms with Crippen molar-refractivity contribution in [2.24, 2.45) is 5.92 Å². The quantitative estimate of drug-likeness (QED) is 0.793. The molecule has 4 nitrogen and oxygen atoms in total. The van der Waals surface area contributed by atoms with Crippen LogP contribution in [0.3, 0.4) is 0 Å². The number of ether oxygens (including phenoxy) is 1. The molecule has 1 aliphatic heterocycles. The minimum Gasteiger partial charge on any atom is -0.390 e. The van der Waals surface area contributed by atoms with Crippen LogP contribution in [0.2, 0.25) is 0 Å². The summed E-state index contributed by atoms with van der Waals surface area (Å²) in [6.45, 7) is 11.2. The standard InChI is InChI=1S/C15H32N2O2/c1-14(2)12(13(18)15(3,4)19-14)11-17(7)10-8-9-16(5)6/h12-13,18H,8-11H2,1-7H3. The van der Waals surface area contributed by atoms with Gasteiger partial charge in [-0.05, 0) is 68.3 Å². The van der Waals surface area contributed by atoms with Crippen LogP contribution >= 0.6 is 0 Å². The van der Waals surface area contributed by atoms with E-state index in [-0.39, 0.29) is 11.5 Å². The van der Waals surface area contributed by atoms with Crippen molar-refractivity contribution in [3.8, 4) is 0 Å². The van der Waals surface area contributed by atoms with Gasteiger partial charge >= 0.3 is 0 Å². The Labute approximate surface area is 118 Å². The lowest BCUT2D eigenvalue weighted by Crippen LogP contribution is -2.42. The molecule has 4 heteroatoms. The smallest absolute Gasteiger partial charge is 0.0896 e. The summed E-state index contributed by atoms with van der Waals surface area (Å²) in [4.78, 5) is 4.51. The molecular formula is C15H32N2O2. The second kappa shape index (κ2) is 6.08. The van der Waals surface area contributed by atoms with E-state index in [1.807, 2.05) is 13.8 Å². The summed E-state index contributed by atoms with van der Waals surface area (Å²) < 4.78 is 6.02. The Morgan fingerprint density at radius 2 is 1.58 bits per heavy atom. The molecule has 1 aliphatic rings.